The molecule has 0 spiro atoms. The van der Waals surface area contributed by atoms with E-state index in [-0.39, 0.29) is 17.1 Å². The van der Waals surface area contributed by atoms with Crippen molar-refractivity contribution in [3.8, 4) is 17.2 Å². The Kier molecular flexibility index (Phi) is 4.24. The maximum Gasteiger partial charge on any atom is 0.141 e. The van der Waals surface area contributed by atoms with E-state index in [4.69, 9.17) is 20.6 Å². The van der Waals surface area contributed by atoms with Crippen molar-refractivity contribution in [3.05, 3.63) is 52.3 Å². The Morgan fingerprint density at radius 1 is 1.25 bits per heavy atom. The highest BCUT2D eigenvalue weighted by Crippen LogP contribution is 2.34. The van der Waals surface area contributed by atoms with Gasteiger partial charge in [-0.05, 0) is 46.3 Å². The number of hydrogen-bond donors (Lipinski definition) is 2. The van der Waals surface area contributed by atoms with Gasteiger partial charge in [-0.25, -0.2) is 4.39 Å². The highest BCUT2D eigenvalue weighted by molar-refractivity contribution is 9.10. The highest BCUT2D eigenvalue weighted by atomic mass is 79.9. The number of amidine groups is 1. The first-order valence-corrected chi connectivity index (χ1v) is 6.46. The number of ether oxygens (including phenoxy) is 2. The molecule has 0 fully saturated rings. The van der Waals surface area contributed by atoms with E-state index in [1.54, 1.807) is 31.4 Å². The molecule has 0 bridgehead atoms. The molecule has 6 heteroatoms. The average molecular weight is 339 g/mol. The molecule has 0 amide bonds. The molecule has 20 heavy (non-hydrogen) atoms. The van der Waals surface area contributed by atoms with Crippen LogP contribution in [-0.2, 0) is 0 Å². The molecule has 2 rings (SSSR count). The van der Waals surface area contributed by atoms with Crippen molar-refractivity contribution in [2.24, 2.45) is 5.73 Å². The molecule has 2 aromatic carbocycles. The summed E-state index contributed by atoms with van der Waals surface area (Å²) in [7, 11) is 1.56. The second kappa shape index (κ2) is 5.92. The Hall–Kier alpha value is -2.08. The lowest BCUT2D eigenvalue weighted by Gasteiger charge is -2.12. The number of nitrogen functional groups attached to an aromatic ring is 1. The van der Waals surface area contributed by atoms with Gasteiger partial charge in [0.1, 0.15) is 28.9 Å². The van der Waals surface area contributed by atoms with Crippen LogP contribution in [0.2, 0.25) is 0 Å². The van der Waals surface area contributed by atoms with Gasteiger partial charge in [0.2, 0.25) is 0 Å². The summed E-state index contributed by atoms with van der Waals surface area (Å²) in [6, 6.07) is 9.39. The lowest BCUT2D eigenvalue weighted by atomic mass is 10.1. The first kappa shape index (κ1) is 14.3. The number of benzene rings is 2. The van der Waals surface area contributed by atoms with Gasteiger partial charge in [0.25, 0.3) is 0 Å². The summed E-state index contributed by atoms with van der Waals surface area (Å²) < 4.78 is 25.0. The quantitative estimate of drug-likeness (QED) is 0.660. The zero-order chi connectivity index (χ0) is 14.7. The lowest BCUT2D eigenvalue weighted by molar-refractivity contribution is 0.412. The van der Waals surface area contributed by atoms with Crippen LogP contribution in [0.3, 0.4) is 0 Å². The second-order valence-corrected chi connectivity index (χ2v) is 4.78. The van der Waals surface area contributed by atoms with Crippen molar-refractivity contribution in [3.63, 3.8) is 0 Å². The van der Waals surface area contributed by atoms with Crippen molar-refractivity contribution in [1.82, 2.24) is 0 Å². The molecule has 0 unspecified atom stereocenters. The van der Waals surface area contributed by atoms with E-state index in [0.29, 0.717) is 16.0 Å². The molecule has 0 atom stereocenters. The number of rotatable bonds is 4. The van der Waals surface area contributed by atoms with E-state index < -0.39 is 5.82 Å². The van der Waals surface area contributed by atoms with Gasteiger partial charge in [0.05, 0.1) is 17.1 Å². The fourth-order valence-corrected chi connectivity index (χ4v) is 2.10. The molecule has 0 aromatic heterocycles. The van der Waals surface area contributed by atoms with Crippen LogP contribution in [0.5, 0.6) is 17.2 Å². The zero-order valence-corrected chi connectivity index (χ0v) is 12.2. The summed E-state index contributed by atoms with van der Waals surface area (Å²) in [5.74, 6) is 0.333. The summed E-state index contributed by atoms with van der Waals surface area (Å²) in [5.41, 5.74) is 5.32. The highest BCUT2D eigenvalue weighted by Gasteiger charge is 2.14. The van der Waals surface area contributed by atoms with Crippen LogP contribution in [0.4, 0.5) is 4.39 Å². The summed E-state index contributed by atoms with van der Waals surface area (Å²) in [4.78, 5) is 0. The maximum absolute atomic E-state index is 13.7. The van der Waals surface area contributed by atoms with E-state index in [0.717, 1.165) is 0 Å². The molecule has 3 N–H and O–H groups in total. The van der Waals surface area contributed by atoms with Crippen molar-refractivity contribution < 1.29 is 13.9 Å². The number of hydrogen-bond acceptors (Lipinski definition) is 3. The third kappa shape index (κ3) is 2.91. The Balaban J connectivity index is 2.40. The van der Waals surface area contributed by atoms with Crippen LogP contribution < -0.4 is 15.2 Å². The third-order valence-corrected chi connectivity index (χ3v) is 3.22. The summed E-state index contributed by atoms with van der Waals surface area (Å²) in [6.45, 7) is 0. The SMILES string of the molecule is COc1ccc(Oc2cccc(F)c2C(=N)N)c(Br)c1. The minimum atomic E-state index is -0.598. The van der Waals surface area contributed by atoms with Crippen LogP contribution in [0.25, 0.3) is 0 Å². The van der Waals surface area contributed by atoms with Gasteiger partial charge >= 0.3 is 0 Å². The van der Waals surface area contributed by atoms with Gasteiger partial charge in [-0.3, -0.25) is 5.41 Å². The molecule has 0 aliphatic heterocycles. The van der Waals surface area contributed by atoms with Gasteiger partial charge in [-0.15, -0.1) is 0 Å². The molecule has 0 aliphatic rings. The molecular weight excluding hydrogens is 327 g/mol. The zero-order valence-electron chi connectivity index (χ0n) is 10.6. The van der Waals surface area contributed by atoms with E-state index in [9.17, 15) is 4.39 Å². The van der Waals surface area contributed by atoms with E-state index >= 15 is 0 Å². The van der Waals surface area contributed by atoms with Gasteiger partial charge in [-0.2, -0.15) is 0 Å². The first-order chi connectivity index (χ1) is 9.52. The van der Waals surface area contributed by atoms with Crippen LogP contribution in [0.1, 0.15) is 5.56 Å². The Labute approximate surface area is 124 Å². The van der Waals surface area contributed by atoms with Crippen LogP contribution in [0, 0.1) is 11.2 Å². The van der Waals surface area contributed by atoms with E-state index in [1.807, 2.05) is 0 Å². The topological polar surface area (TPSA) is 68.3 Å². The van der Waals surface area contributed by atoms with Crippen molar-refractivity contribution in [2.75, 3.05) is 7.11 Å². The predicted octanol–water partition coefficient (Wildman–Crippen LogP) is 3.67. The Morgan fingerprint density at radius 2 is 2.00 bits per heavy atom. The fraction of sp³-hybridized carbons (Fsp3) is 0.0714. The minimum absolute atomic E-state index is 0.0600. The van der Waals surface area contributed by atoms with E-state index in [1.165, 1.54) is 12.1 Å². The number of nitrogens with two attached hydrogens (primary N) is 1. The normalized spacial score (nSPS) is 10.2. The standard InChI is InChI=1S/C14H12BrFN2O2/c1-19-8-5-6-11(9(15)7-8)20-12-4-2-3-10(16)13(12)14(17)18/h2-7H,1H3,(H3,17,18). The second-order valence-electron chi connectivity index (χ2n) is 3.93. The first-order valence-electron chi connectivity index (χ1n) is 5.67. The van der Waals surface area contributed by atoms with Crippen molar-refractivity contribution in [1.29, 1.82) is 5.41 Å². The van der Waals surface area contributed by atoms with Crippen LogP contribution in [-0.4, -0.2) is 12.9 Å². The molecule has 2 aromatic rings. The molecular formula is C14H12BrFN2O2. The summed E-state index contributed by atoms with van der Waals surface area (Å²) in [6.07, 6.45) is 0. The fourth-order valence-electron chi connectivity index (χ4n) is 1.66. The Bertz CT molecular complexity index is 662. The number of methoxy groups -OCH3 is 1. The monoisotopic (exact) mass is 338 g/mol. The minimum Gasteiger partial charge on any atom is -0.497 e. The van der Waals surface area contributed by atoms with Gasteiger partial charge in [-0.1, -0.05) is 6.07 Å². The molecule has 4 nitrogen and oxygen atoms in total. The maximum atomic E-state index is 13.7. The van der Waals surface area contributed by atoms with Crippen molar-refractivity contribution in [2.45, 2.75) is 0 Å². The van der Waals surface area contributed by atoms with E-state index in [2.05, 4.69) is 15.9 Å². The molecule has 0 aliphatic carbocycles. The van der Waals surface area contributed by atoms with Gasteiger partial charge in [0, 0.05) is 0 Å². The molecule has 0 saturated heterocycles. The van der Waals surface area contributed by atoms with Crippen molar-refractivity contribution >= 4 is 21.8 Å². The van der Waals surface area contributed by atoms with Crippen LogP contribution >= 0.6 is 15.9 Å². The molecule has 104 valence electrons. The van der Waals surface area contributed by atoms with Gasteiger partial charge < -0.3 is 15.2 Å². The molecule has 0 radical (unpaired) electrons. The van der Waals surface area contributed by atoms with Crippen LogP contribution in [0.15, 0.2) is 40.9 Å². The summed E-state index contributed by atoms with van der Waals surface area (Å²) >= 11 is 3.34. The third-order valence-electron chi connectivity index (χ3n) is 2.60. The summed E-state index contributed by atoms with van der Waals surface area (Å²) in [5, 5.41) is 7.43. The predicted molar refractivity (Wildman–Crippen MR) is 78.2 cm³/mol. The lowest BCUT2D eigenvalue weighted by Crippen LogP contribution is -2.14. The molecule has 0 heterocycles. The smallest absolute Gasteiger partial charge is 0.141 e. The largest absolute Gasteiger partial charge is 0.497 e. The molecule has 0 saturated carbocycles. The average Bonchev–Trinajstić information content (AvgIpc) is 2.40. The van der Waals surface area contributed by atoms with Gasteiger partial charge in [0.15, 0.2) is 0 Å². The number of nitrogens with one attached hydrogen (secondary N) is 1. The Morgan fingerprint density at radius 3 is 2.60 bits per heavy atom. The number of halogens is 2.